The Morgan fingerprint density at radius 3 is 2.66 bits per heavy atom. The molecular formula is C23H29N3O8S. The maximum Gasteiger partial charge on any atom is 0.333 e. The standard InChI is InChI=1S/C23H29N3O8S/c1-22(2,3)21(30)34-10-33-20(29)16-23(4,5)35-19-14(18(28)26(16)19)25-17(27)13(24)11-7-6-8-12-15(11)32-9-31-12/h6-8,13-14,16,19H,9-10,24H2,1-5H3,(H,25,27)/t13?,14-,16+,19-/m1/s1. The summed E-state index contributed by atoms with van der Waals surface area (Å²) >= 11 is 1.38. The number of nitrogens with two attached hydrogens (primary N) is 1. The number of para-hydroxylation sites is 1. The summed E-state index contributed by atoms with van der Waals surface area (Å²) in [7, 11) is 0. The van der Waals surface area contributed by atoms with Crippen LogP contribution in [0.25, 0.3) is 0 Å². The number of ether oxygens (including phenoxy) is 4. The molecule has 4 atom stereocenters. The van der Waals surface area contributed by atoms with E-state index in [1.807, 2.05) is 13.8 Å². The maximum absolute atomic E-state index is 13.0. The number of carbonyl (C=O) groups excluding carboxylic acids is 4. The van der Waals surface area contributed by atoms with Crippen LogP contribution in [0.3, 0.4) is 0 Å². The molecule has 2 fully saturated rings. The van der Waals surface area contributed by atoms with Crippen molar-refractivity contribution in [3.05, 3.63) is 23.8 Å². The zero-order valence-corrected chi connectivity index (χ0v) is 21.0. The molecule has 11 nitrogen and oxygen atoms in total. The van der Waals surface area contributed by atoms with Crippen LogP contribution in [0.15, 0.2) is 18.2 Å². The fourth-order valence-electron chi connectivity index (χ4n) is 4.14. The zero-order chi connectivity index (χ0) is 25.7. The highest BCUT2D eigenvalue weighted by atomic mass is 32.2. The Bertz CT molecular complexity index is 1070. The molecule has 0 aliphatic carbocycles. The molecule has 0 aromatic heterocycles. The van der Waals surface area contributed by atoms with Crippen LogP contribution in [0.2, 0.25) is 0 Å². The lowest BCUT2D eigenvalue weighted by molar-refractivity contribution is -0.180. The number of nitrogens with one attached hydrogen (secondary N) is 1. The van der Waals surface area contributed by atoms with Gasteiger partial charge in [0.15, 0.2) is 11.5 Å². The van der Waals surface area contributed by atoms with Crippen LogP contribution < -0.4 is 20.5 Å². The van der Waals surface area contributed by atoms with Crippen molar-refractivity contribution in [1.82, 2.24) is 10.2 Å². The van der Waals surface area contributed by atoms with Crippen molar-refractivity contribution in [1.29, 1.82) is 0 Å². The lowest BCUT2D eigenvalue weighted by atomic mass is 9.95. The highest BCUT2D eigenvalue weighted by Crippen LogP contribution is 2.51. The summed E-state index contributed by atoms with van der Waals surface area (Å²) in [6, 6.07) is 2.26. The summed E-state index contributed by atoms with van der Waals surface area (Å²) in [5, 5.41) is 2.24. The number of thioether (sulfide) groups is 1. The minimum Gasteiger partial charge on any atom is -0.454 e. The molecule has 3 aliphatic rings. The SMILES string of the molecule is CC(C)(C)C(=O)OCOC(=O)[C@@H]1N2C(=O)[C@@H](NC(=O)C(N)c3cccc4c3OCO4)[C@H]2SC1(C)C. The molecule has 0 bridgehead atoms. The summed E-state index contributed by atoms with van der Waals surface area (Å²) in [5.74, 6) is -1.25. The number of nitrogens with zero attached hydrogens (tertiary/aromatic N) is 1. The van der Waals surface area contributed by atoms with E-state index in [1.165, 1.54) is 16.7 Å². The van der Waals surface area contributed by atoms with E-state index in [0.29, 0.717) is 17.1 Å². The monoisotopic (exact) mass is 507 g/mol. The van der Waals surface area contributed by atoms with Gasteiger partial charge in [-0.05, 0) is 40.7 Å². The van der Waals surface area contributed by atoms with Crippen LogP contribution in [-0.4, -0.2) is 64.4 Å². The minimum atomic E-state index is -1.08. The minimum absolute atomic E-state index is 0.0391. The lowest BCUT2D eigenvalue weighted by Crippen LogP contribution is -2.71. The maximum atomic E-state index is 13.0. The van der Waals surface area contributed by atoms with E-state index in [4.69, 9.17) is 24.7 Å². The van der Waals surface area contributed by atoms with E-state index in [1.54, 1.807) is 39.0 Å². The fourth-order valence-corrected chi connectivity index (χ4v) is 5.77. The molecule has 1 aromatic rings. The van der Waals surface area contributed by atoms with Crippen molar-refractivity contribution in [2.24, 2.45) is 11.1 Å². The Morgan fingerprint density at radius 2 is 1.97 bits per heavy atom. The first-order valence-corrected chi connectivity index (χ1v) is 12.0. The number of hydrogen-bond donors (Lipinski definition) is 2. The smallest absolute Gasteiger partial charge is 0.333 e. The fraction of sp³-hybridized carbons (Fsp3) is 0.565. The quantitative estimate of drug-likeness (QED) is 0.325. The van der Waals surface area contributed by atoms with Gasteiger partial charge in [-0.2, -0.15) is 0 Å². The predicted octanol–water partition coefficient (Wildman–Crippen LogP) is 1.05. The van der Waals surface area contributed by atoms with Gasteiger partial charge in [0.25, 0.3) is 0 Å². The Kier molecular flexibility index (Phi) is 6.39. The number of esters is 2. The molecule has 0 radical (unpaired) electrons. The van der Waals surface area contributed by atoms with Crippen LogP contribution >= 0.6 is 11.8 Å². The van der Waals surface area contributed by atoms with Gasteiger partial charge in [-0.15, -0.1) is 11.8 Å². The van der Waals surface area contributed by atoms with E-state index in [-0.39, 0.29) is 6.79 Å². The van der Waals surface area contributed by atoms with E-state index < -0.39 is 64.2 Å². The molecule has 3 aliphatic heterocycles. The molecule has 0 spiro atoms. The number of β-lactam (4-membered cyclic amide) rings is 1. The molecule has 1 unspecified atom stereocenters. The Morgan fingerprint density at radius 1 is 1.26 bits per heavy atom. The second-order valence-corrected chi connectivity index (χ2v) is 11.8. The molecular weight excluding hydrogens is 478 g/mol. The average Bonchev–Trinajstić information content (AvgIpc) is 3.36. The van der Waals surface area contributed by atoms with E-state index in [9.17, 15) is 19.2 Å². The molecule has 2 amide bonds. The van der Waals surface area contributed by atoms with Crippen molar-refractivity contribution >= 4 is 35.5 Å². The molecule has 4 rings (SSSR count). The van der Waals surface area contributed by atoms with Gasteiger partial charge in [0, 0.05) is 10.3 Å². The van der Waals surface area contributed by atoms with Crippen LogP contribution in [0.5, 0.6) is 11.5 Å². The van der Waals surface area contributed by atoms with Crippen LogP contribution in [0.4, 0.5) is 0 Å². The van der Waals surface area contributed by atoms with Crippen LogP contribution in [0, 0.1) is 5.41 Å². The Hall–Kier alpha value is -2.99. The first kappa shape index (κ1) is 25.1. The summed E-state index contributed by atoms with van der Waals surface area (Å²) in [4.78, 5) is 51.9. The summed E-state index contributed by atoms with van der Waals surface area (Å²) < 4.78 is 20.2. The van der Waals surface area contributed by atoms with Crippen molar-refractivity contribution < 1.29 is 38.1 Å². The molecule has 3 heterocycles. The van der Waals surface area contributed by atoms with Crippen molar-refractivity contribution in [2.75, 3.05) is 13.6 Å². The van der Waals surface area contributed by atoms with Crippen LogP contribution in [0.1, 0.15) is 46.2 Å². The number of benzene rings is 1. The number of hydrogen-bond acceptors (Lipinski definition) is 10. The van der Waals surface area contributed by atoms with Gasteiger partial charge in [0.2, 0.25) is 25.4 Å². The average molecular weight is 508 g/mol. The van der Waals surface area contributed by atoms with Crippen molar-refractivity contribution in [3.63, 3.8) is 0 Å². The molecule has 1 aromatic carbocycles. The number of fused-ring (bicyclic) bond motifs is 2. The first-order chi connectivity index (χ1) is 16.3. The van der Waals surface area contributed by atoms with Gasteiger partial charge in [-0.25, -0.2) is 4.79 Å². The highest BCUT2D eigenvalue weighted by molar-refractivity contribution is 8.01. The third kappa shape index (κ3) is 4.52. The van der Waals surface area contributed by atoms with E-state index in [2.05, 4.69) is 5.32 Å². The van der Waals surface area contributed by atoms with Gasteiger partial charge >= 0.3 is 11.9 Å². The second kappa shape index (κ2) is 8.90. The van der Waals surface area contributed by atoms with E-state index in [0.717, 1.165) is 0 Å². The number of rotatable bonds is 6. The number of carbonyl (C=O) groups is 4. The summed E-state index contributed by atoms with van der Waals surface area (Å²) in [6.07, 6.45) is 0. The summed E-state index contributed by atoms with van der Waals surface area (Å²) in [5.41, 5.74) is 5.88. The second-order valence-electron chi connectivity index (χ2n) is 10.1. The predicted molar refractivity (Wildman–Crippen MR) is 124 cm³/mol. The number of amides is 2. The molecule has 190 valence electrons. The normalized spacial score (nSPS) is 24.8. The van der Waals surface area contributed by atoms with Gasteiger partial charge in [0.1, 0.15) is 23.5 Å². The Labute approximate surface area is 206 Å². The van der Waals surface area contributed by atoms with Crippen molar-refractivity contribution in [2.45, 2.75) is 62.9 Å². The van der Waals surface area contributed by atoms with Gasteiger partial charge in [-0.1, -0.05) is 12.1 Å². The Balaban J connectivity index is 1.39. The molecule has 2 saturated heterocycles. The van der Waals surface area contributed by atoms with Gasteiger partial charge < -0.3 is 34.9 Å². The first-order valence-electron chi connectivity index (χ1n) is 11.1. The van der Waals surface area contributed by atoms with Gasteiger partial charge in [0.05, 0.1) is 5.41 Å². The lowest BCUT2D eigenvalue weighted by Gasteiger charge is -2.44. The third-order valence-corrected chi connectivity index (χ3v) is 7.58. The molecule has 0 saturated carbocycles. The topological polar surface area (TPSA) is 146 Å². The molecule has 12 heteroatoms. The van der Waals surface area contributed by atoms with Gasteiger partial charge in [-0.3, -0.25) is 14.4 Å². The van der Waals surface area contributed by atoms with Crippen molar-refractivity contribution in [3.8, 4) is 11.5 Å². The summed E-state index contributed by atoms with van der Waals surface area (Å²) in [6.45, 7) is 8.17. The van der Waals surface area contributed by atoms with E-state index >= 15 is 0 Å². The van der Waals surface area contributed by atoms with Crippen LogP contribution in [-0.2, 0) is 28.7 Å². The molecule has 35 heavy (non-hydrogen) atoms. The third-order valence-electron chi connectivity index (χ3n) is 6.01. The molecule has 3 N–H and O–H groups in total. The highest BCUT2D eigenvalue weighted by Gasteiger charge is 2.64. The zero-order valence-electron chi connectivity index (χ0n) is 20.2. The largest absolute Gasteiger partial charge is 0.454 e.